The van der Waals surface area contributed by atoms with Gasteiger partial charge in [0.2, 0.25) is 0 Å². The van der Waals surface area contributed by atoms with Gasteiger partial charge in [0.25, 0.3) is 0 Å². The van der Waals surface area contributed by atoms with Crippen molar-refractivity contribution in [3.63, 3.8) is 0 Å². The highest BCUT2D eigenvalue weighted by Gasteiger charge is 2.30. The average Bonchev–Trinajstić information content (AvgIpc) is 2.86. The van der Waals surface area contributed by atoms with Gasteiger partial charge in [-0.05, 0) is 49.4 Å². The average molecular weight is 1370 g/mol. The van der Waals surface area contributed by atoms with E-state index in [1.165, 1.54) is 167 Å². The van der Waals surface area contributed by atoms with Crippen molar-refractivity contribution in [2.24, 2.45) is 23.7 Å². The van der Waals surface area contributed by atoms with E-state index in [9.17, 15) is 43.2 Å². The minimum Gasteiger partial charge on any atom is -0.462 e. The summed E-state index contributed by atoms with van der Waals surface area (Å²) < 4.78 is 68.4. The Hall–Kier alpha value is -1.94. The number of phosphoric ester groups is 2. The van der Waals surface area contributed by atoms with Gasteiger partial charge in [-0.25, -0.2) is 9.13 Å². The van der Waals surface area contributed by atoms with E-state index in [1.807, 2.05) is 0 Å². The number of rotatable bonds is 71. The second-order valence-corrected chi connectivity index (χ2v) is 31.0. The summed E-state index contributed by atoms with van der Waals surface area (Å²) in [5.74, 6) is 0.908. The maximum atomic E-state index is 13.0. The van der Waals surface area contributed by atoms with Crippen LogP contribution in [0.25, 0.3) is 0 Å². The lowest BCUT2D eigenvalue weighted by Crippen LogP contribution is -2.30. The van der Waals surface area contributed by atoms with Crippen LogP contribution in [0.5, 0.6) is 0 Å². The van der Waals surface area contributed by atoms with Crippen molar-refractivity contribution in [2.45, 2.75) is 388 Å². The molecule has 19 heteroatoms. The molecule has 0 bridgehead atoms. The maximum Gasteiger partial charge on any atom is 0.472 e. The van der Waals surface area contributed by atoms with Gasteiger partial charge in [0.1, 0.15) is 19.3 Å². The first-order valence-corrected chi connectivity index (χ1v) is 41.3. The third-order valence-electron chi connectivity index (χ3n) is 17.8. The van der Waals surface area contributed by atoms with Crippen molar-refractivity contribution in [2.75, 3.05) is 39.6 Å². The van der Waals surface area contributed by atoms with Crippen LogP contribution in [0.3, 0.4) is 0 Å². The van der Waals surface area contributed by atoms with Crippen LogP contribution in [0.1, 0.15) is 370 Å². The van der Waals surface area contributed by atoms with Crippen LogP contribution >= 0.6 is 15.6 Å². The van der Waals surface area contributed by atoms with Gasteiger partial charge >= 0.3 is 39.5 Å². The van der Waals surface area contributed by atoms with Crippen LogP contribution in [0.4, 0.5) is 0 Å². The normalized spacial score (nSPS) is 14.8. The number of aliphatic hydroxyl groups is 1. The monoisotopic (exact) mass is 1370 g/mol. The Labute approximate surface area is 568 Å². The molecule has 0 amide bonds. The highest BCUT2D eigenvalue weighted by molar-refractivity contribution is 7.47. The Morgan fingerprint density at radius 2 is 0.516 bits per heavy atom. The summed E-state index contributed by atoms with van der Waals surface area (Å²) >= 11 is 0. The van der Waals surface area contributed by atoms with E-state index < -0.39 is 97.5 Å². The number of hydrogen-bond donors (Lipinski definition) is 3. The molecule has 0 aromatic rings. The van der Waals surface area contributed by atoms with Crippen LogP contribution in [-0.2, 0) is 65.4 Å². The van der Waals surface area contributed by atoms with Gasteiger partial charge in [0, 0.05) is 25.7 Å². The van der Waals surface area contributed by atoms with E-state index >= 15 is 0 Å². The third-order valence-corrected chi connectivity index (χ3v) is 19.7. The largest absolute Gasteiger partial charge is 0.472 e. The molecule has 0 aromatic heterocycles. The SMILES string of the molecule is CCC(C)CCCCCCCCC(=O)OC[C@H](COP(=O)(O)OC[C@H](O)COP(=O)(O)OC[C@@H](COC(=O)CCCCCCCCCCCCCCC(C)C)OC(=O)CCCCCCCCC(C)CC)OC(=O)CCCCCCCCCCCCCCCCCC(C)C. The Morgan fingerprint density at radius 3 is 0.763 bits per heavy atom. The van der Waals surface area contributed by atoms with E-state index in [2.05, 4.69) is 55.4 Å². The molecular weight excluding hydrogens is 1220 g/mol. The summed E-state index contributed by atoms with van der Waals surface area (Å²) in [6, 6.07) is 0. The molecule has 0 rings (SSSR count). The van der Waals surface area contributed by atoms with Crippen LogP contribution < -0.4 is 0 Å². The minimum atomic E-state index is -4.96. The number of esters is 4. The van der Waals surface area contributed by atoms with Crippen molar-refractivity contribution in [3.8, 4) is 0 Å². The maximum absolute atomic E-state index is 13.0. The number of phosphoric acid groups is 2. The lowest BCUT2D eigenvalue weighted by atomic mass is 10.00. The molecular formula is C74H144O17P2. The van der Waals surface area contributed by atoms with Gasteiger partial charge in [0.15, 0.2) is 12.2 Å². The predicted octanol–water partition coefficient (Wildman–Crippen LogP) is 21.3. The molecule has 0 heterocycles. The van der Waals surface area contributed by atoms with Crippen molar-refractivity contribution in [1.82, 2.24) is 0 Å². The third kappa shape index (κ3) is 65.8. The van der Waals surface area contributed by atoms with Crippen molar-refractivity contribution in [1.29, 1.82) is 0 Å². The zero-order chi connectivity index (χ0) is 68.9. The number of carbonyl (C=O) groups is 4. The van der Waals surface area contributed by atoms with Gasteiger partial charge < -0.3 is 33.8 Å². The lowest BCUT2D eigenvalue weighted by molar-refractivity contribution is -0.161. The molecule has 0 saturated carbocycles. The first-order valence-electron chi connectivity index (χ1n) is 38.3. The van der Waals surface area contributed by atoms with E-state index in [0.29, 0.717) is 25.7 Å². The number of ether oxygens (including phenoxy) is 4. The topological polar surface area (TPSA) is 237 Å². The molecule has 3 N–H and O–H groups in total. The molecule has 93 heavy (non-hydrogen) atoms. The first kappa shape index (κ1) is 91.1. The summed E-state index contributed by atoms with van der Waals surface area (Å²) in [6.07, 6.45) is 47.3. The Bertz CT molecular complexity index is 1840. The molecule has 0 spiro atoms. The molecule has 0 aliphatic carbocycles. The summed E-state index contributed by atoms with van der Waals surface area (Å²) in [4.78, 5) is 72.7. The molecule has 4 unspecified atom stereocenters. The highest BCUT2D eigenvalue weighted by Crippen LogP contribution is 2.45. The van der Waals surface area contributed by atoms with Gasteiger partial charge in [-0.3, -0.25) is 37.3 Å². The number of hydrogen-bond acceptors (Lipinski definition) is 15. The fraction of sp³-hybridized carbons (Fsp3) is 0.946. The second-order valence-electron chi connectivity index (χ2n) is 28.1. The molecule has 0 aromatic carbocycles. The van der Waals surface area contributed by atoms with E-state index in [4.69, 9.17) is 37.0 Å². The molecule has 0 saturated heterocycles. The predicted molar refractivity (Wildman–Crippen MR) is 377 cm³/mol. The van der Waals surface area contributed by atoms with Crippen LogP contribution in [-0.4, -0.2) is 96.7 Å². The quantitative estimate of drug-likeness (QED) is 0.0222. The zero-order valence-electron chi connectivity index (χ0n) is 60.9. The van der Waals surface area contributed by atoms with Gasteiger partial charge in [-0.1, -0.05) is 319 Å². The lowest BCUT2D eigenvalue weighted by Gasteiger charge is -2.21. The summed E-state index contributed by atoms with van der Waals surface area (Å²) in [5, 5.41) is 10.6. The molecule has 0 aliphatic rings. The van der Waals surface area contributed by atoms with E-state index in [-0.39, 0.29) is 25.7 Å². The zero-order valence-corrected chi connectivity index (χ0v) is 62.7. The summed E-state index contributed by atoms with van der Waals surface area (Å²) in [7, 11) is -9.91. The number of aliphatic hydroxyl groups excluding tert-OH is 1. The fourth-order valence-electron chi connectivity index (χ4n) is 11.1. The highest BCUT2D eigenvalue weighted by atomic mass is 31.2. The van der Waals surface area contributed by atoms with Gasteiger partial charge in [0.05, 0.1) is 26.4 Å². The molecule has 7 atom stereocenters. The number of unbranched alkanes of at least 4 members (excludes halogenated alkanes) is 35. The summed E-state index contributed by atoms with van der Waals surface area (Å²) in [6.45, 7) is 14.1. The fourth-order valence-corrected chi connectivity index (χ4v) is 12.7. The summed E-state index contributed by atoms with van der Waals surface area (Å²) in [5.41, 5.74) is 0. The van der Waals surface area contributed by atoms with Crippen molar-refractivity contribution >= 4 is 39.5 Å². The standard InChI is InChI=1S/C74H144O17P2/c1-9-66(7)52-44-36-30-32-39-47-55-72(77)85-61-69(90-73(78)56-48-40-29-25-21-15-13-11-12-14-18-22-26-34-42-50-64(3)4)62-88-92(80,81)86-58-68(75)59-87-93(82,83)89-63-70(91-74(79)57-49-41-33-31-37-45-53-67(8)10-2)60-84-71(76)54-46-38-28-24-20-17-16-19-23-27-35-43-51-65(5)6/h64-70,75H,9-63H2,1-8H3,(H,80,81)(H,82,83)/t66?,67?,68-,69+,70+/m0/s1. The Balaban J connectivity index is 5.21. The Morgan fingerprint density at radius 1 is 0.301 bits per heavy atom. The van der Waals surface area contributed by atoms with E-state index in [0.717, 1.165) is 120 Å². The molecule has 0 aliphatic heterocycles. The Kier molecular flexibility index (Phi) is 62.2. The molecule has 0 radical (unpaired) electrons. The van der Waals surface area contributed by atoms with Crippen LogP contribution in [0.15, 0.2) is 0 Å². The van der Waals surface area contributed by atoms with Crippen molar-refractivity contribution in [3.05, 3.63) is 0 Å². The van der Waals surface area contributed by atoms with Crippen molar-refractivity contribution < 1.29 is 80.2 Å². The molecule has 552 valence electrons. The minimum absolute atomic E-state index is 0.103. The first-order chi connectivity index (χ1) is 44.7. The molecule has 0 fully saturated rings. The van der Waals surface area contributed by atoms with Crippen LogP contribution in [0, 0.1) is 23.7 Å². The van der Waals surface area contributed by atoms with Gasteiger partial charge in [-0.15, -0.1) is 0 Å². The van der Waals surface area contributed by atoms with Crippen LogP contribution in [0.2, 0.25) is 0 Å². The van der Waals surface area contributed by atoms with E-state index in [1.54, 1.807) is 0 Å². The smallest absolute Gasteiger partial charge is 0.462 e. The second kappa shape index (κ2) is 63.5. The molecule has 17 nitrogen and oxygen atoms in total. The van der Waals surface area contributed by atoms with Gasteiger partial charge in [-0.2, -0.15) is 0 Å². The number of carbonyl (C=O) groups excluding carboxylic acids is 4.